The Labute approximate surface area is 137 Å². The summed E-state index contributed by atoms with van der Waals surface area (Å²) in [6, 6.07) is 4.61. The van der Waals surface area contributed by atoms with Crippen LogP contribution in [0.5, 0.6) is 5.75 Å². The highest BCUT2D eigenvalue weighted by molar-refractivity contribution is 9.10. The van der Waals surface area contributed by atoms with Crippen LogP contribution in [0.25, 0.3) is 6.08 Å². The van der Waals surface area contributed by atoms with E-state index in [0.717, 1.165) is 11.8 Å². The summed E-state index contributed by atoms with van der Waals surface area (Å²) in [5.41, 5.74) is 5.07. The second-order valence-corrected chi connectivity index (χ2v) is 6.07. The molecule has 1 aliphatic heterocycles. The lowest BCUT2D eigenvalue weighted by Gasteiger charge is -2.13. The molecule has 4 N–H and O–H groups in total. The van der Waals surface area contributed by atoms with E-state index in [4.69, 9.17) is 5.73 Å². The smallest absolute Gasteiger partial charge is 0.285 e. The minimum Gasteiger partial charge on any atom is -0.507 e. The number of carbonyl (C=O) groups excluding carboxylic acids is 3. The lowest BCUT2D eigenvalue weighted by atomic mass is 10.1. The summed E-state index contributed by atoms with van der Waals surface area (Å²) in [6.45, 7) is 0. The molecule has 1 aromatic rings. The number of nitrogens with zero attached hydrogens (tertiary/aromatic N) is 1. The fourth-order valence-corrected chi connectivity index (χ4v) is 2.54. The van der Waals surface area contributed by atoms with Crippen LogP contribution in [0.4, 0.5) is 0 Å². The number of phenols is 1. The first-order valence-electron chi connectivity index (χ1n) is 5.92. The van der Waals surface area contributed by atoms with Crippen molar-refractivity contribution in [1.29, 1.82) is 0 Å². The molecule has 114 valence electrons. The van der Waals surface area contributed by atoms with Gasteiger partial charge in [-0.15, -0.1) is 0 Å². The summed E-state index contributed by atoms with van der Waals surface area (Å²) in [7, 11) is 0. The van der Waals surface area contributed by atoms with Crippen molar-refractivity contribution < 1.29 is 19.5 Å². The quantitative estimate of drug-likeness (QED) is 0.525. The van der Waals surface area contributed by atoms with Crippen molar-refractivity contribution in [3.05, 3.63) is 33.8 Å². The molecular weight excluding hydrogens is 374 g/mol. The van der Waals surface area contributed by atoms with E-state index in [9.17, 15) is 19.5 Å². The van der Waals surface area contributed by atoms with Gasteiger partial charge >= 0.3 is 0 Å². The summed E-state index contributed by atoms with van der Waals surface area (Å²) in [5.74, 6) is -2.18. The number of hydrogen-bond acceptors (Lipinski definition) is 5. The Morgan fingerprint density at radius 3 is 2.82 bits per heavy atom. The van der Waals surface area contributed by atoms with Crippen LogP contribution in [0.3, 0.4) is 0 Å². The molecular formula is C13H10BrN3O4S. The van der Waals surface area contributed by atoms with Crippen molar-refractivity contribution in [3.63, 3.8) is 0 Å². The van der Waals surface area contributed by atoms with E-state index < -0.39 is 17.7 Å². The monoisotopic (exact) mass is 383 g/mol. The van der Waals surface area contributed by atoms with E-state index in [-0.39, 0.29) is 22.2 Å². The molecule has 0 fully saturated rings. The van der Waals surface area contributed by atoms with Crippen molar-refractivity contribution in [1.82, 2.24) is 5.32 Å². The number of hydrogen-bond donors (Lipinski definition) is 3. The van der Waals surface area contributed by atoms with E-state index in [2.05, 4.69) is 26.2 Å². The van der Waals surface area contributed by atoms with E-state index in [1.54, 1.807) is 12.1 Å². The number of aromatic hydroxyl groups is 1. The van der Waals surface area contributed by atoms with Gasteiger partial charge in [0, 0.05) is 10.0 Å². The van der Waals surface area contributed by atoms with Gasteiger partial charge in [0.05, 0.1) is 5.75 Å². The fraction of sp³-hybridized carbons (Fsp3) is 0.0769. The summed E-state index contributed by atoms with van der Waals surface area (Å²) >= 11 is 4.10. The Morgan fingerprint density at radius 2 is 2.18 bits per heavy atom. The molecule has 0 saturated carbocycles. The molecule has 0 unspecified atom stereocenters. The number of aliphatic imine (C=N–C) groups is 1. The van der Waals surface area contributed by atoms with Crippen LogP contribution in [0, 0.1) is 0 Å². The summed E-state index contributed by atoms with van der Waals surface area (Å²) in [6.07, 6.45) is 1.25. The zero-order valence-corrected chi connectivity index (χ0v) is 13.4. The predicted octanol–water partition coefficient (Wildman–Crippen LogP) is 0.769. The van der Waals surface area contributed by atoms with Gasteiger partial charge in [-0.3, -0.25) is 14.4 Å². The minimum absolute atomic E-state index is 0.0180. The van der Waals surface area contributed by atoms with Crippen LogP contribution in [0.1, 0.15) is 5.56 Å². The lowest BCUT2D eigenvalue weighted by molar-refractivity contribution is -0.122. The molecule has 0 atom stereocenters. The zero-order chi connectivity index (χ0) is 16.3. The number of nitrogens with one attached hydrogen (secondary N) is 1. The van der Waals surface area contributed by atoms with Crippen molar-refractivity contribution in [2.24, 2.45) is 10.7 Å². The lowest BCUT2D eigenvalue weighted by Crippen LogP contribution is -2.37. The topological polar surface area (TPSA) is 122 Å². The molecule has 0 bridgehead atoms. The molecule has 1 aromatic carbocycles. The molecule has 0 aromatic heterocycles. The Balaban J connectivity index is 2.28. The zero-order valence-electron chi connectivity index (χ0n) is 11.0. The Hall–Kier alpha value is -2.13. The third kappa shape index (κ3) is 3.95. The van der Waals surface area contributed by atoms with Crippen molar-refractivity contribution in [2.45, 2.75) is 0 Å². The van der Waals surface area contributed by atoms with E-state index >= 15 is 0 Å². The number of primary amides is 1. The van der Waals surface area contributed by atoms with E-state index in [0.29, 0.717) is 10.0 Å². The maximum absolute atomic E-state index is 12.0. The molecule has 2 rings (SSSR count). The van der Waals surface area contributed by atoms with Crippen LogP contribution in [0.2, 0.25) is 0 Å². The third-order valence-electron chi connectivity index (χ3n) is 2.54. The second kappa shape index (κ2) is 6.75. The largest absolute Gasteiger partial charge is 0.507 e. The van der Waals surface area contributed by atoms with Crippen molar-refractivity contribution >= 4 is 56.7 Å². The van der Waals surface area contributed by atoms with Crippen LogP contribution in [-0.4, -0.2) is 33.7 Å². The normalized spacial score (nSPS) is 16.4. The number of halogens is 1. The highest BCUT2D eigenvalue weighted by Crippen LogP contribution is 2.25. The Kier molecular flexibility index (Phi) is 4.99. The van der Waals surface area contributed by atoms with Gasteiger partial charge in [0.25, 0.3) is 11.8 Å². The number of carbonyl (C=O) groups is 3. The summed E-state index contributed by atoms with van der Waals surface area (Å²) in [5, 5.41) is 12.1. The molecule has 0 aliphatic carbocycles. The average molecular weight is 384 g/mol. The average Bonchev–Trinajstić information content (AvgIpc) is 2.44. The summed E-state index contributed by atoms with van der Waals surface area (Å²) in [4.78, 5) is 38.2. The number of benzene rings is 1. The number of amides is 3. The predicted molar refractivity (Wildman–Crippen MR) is 86.0 cm³/mol. The van der Waals surface area contributed by atoms with E-state index in [1.807, 2.05) is 0 Å². The molecule has 1 aliphatic rings. The van der Waals surface area contributed by atoms with Gasteiger partial charge in [0.1, 0.15) is 11.3 Å². The van der Waals surface area contributed by atoms with Crippen LogP contribution >= 0.6 is 27.7 Å². The Morgan fingerprint density at radius 1 is 1.45 bits per heavy atom. The molecule has 7 nitrogen and oxygen atoms in total. The van der Waals surface area contributed by atoms with Gasteiger partial charge in [-0.2, -0.15) is 4.99 Å². The molecule has 9 heteroatoms. The highest BCUT2D eigenvalue weighted by Gasteiger charge is 2.26. The van der Waals surface area contributed by atoms with E-state index in [1.165, 1.54) is 12.1 Å². The van der Waals surface area contributed by atoms with Gasteiger partial charge in [-0.1, -0.05) is 27.7 Å². The SMILES string of the molecule is NC(=O)CSC1=NC(=O)C(=Cc2cc(Br)ccc2O)C(=O)N1. The molecule has 0 saturated heterocycles. The van der Waals surface area contributed by atoms with Crippen molar-refractivity contribution in [2.75, 3.05) is 5.75 Å². The van der Waals surface area contributed by atoms with Gasteiger partial charge in [-0.25, -0.2) is 0 Å². The number of rotatable bonds is 3. The standard InChI is InChI=1S/C13H10BrN3O4S/c14-7-1-2-9(18)6(3-7)4-8-11(20)16-13(17-12(8)21)22-5-10(15)19/h1-4,18H,5H2,(H2,15,19)(H,16,17,20,21). The van der Waals surface area contributed by atoms with Gasteiger partial charge < -0.3 is 16.2 Å². The summed E-state index contributed by atoms with van der Waals surface area (Å²) < 4.78 is 0.682. The minimum atomic E-state index is -0.755. The number of nitrogens with two attached hydrogens (primary N) is 1. The van der Waals surface area contributed by atoms with Crippen LogP contribution in [-0.2, 0) is 14.4 Å². The maximum atomic E-state index is 12.0. The highest BCUT2D eigenvalue weighted by atomic mass is 79.9. The second-order valence-electron chi connectivity index (χ2n) is 4.19. The molecule has 0 radical (unpaired) electrons. The molecule has 3 amide bonds. The maximum Gasteiger partial charge on any atom is 0.285 e. The third-order valence-corrected chi connectivity index (χ3v) is 3.93. The van der Waals surface area contributed by atoms with Crippen molar-refractivity contribution in [3.8, 4) is 5.75 Å². The first-order chi connectivity index (χ1) is 10.4. The Bertz CT molecular complexity index is 730. The van der Waals surface area contributed by atoms with Gasteiger partial charge in [0.2, 0.25) is 5.91 Å². The molecule has 22 heavy (non-hydrogen) atoms. The first-order valence-corrected chi connectivity index (χ1v) is 7.70. The molecule has 0 spiro atoms. The number of thioether (sulfide) groups is 1. The van der Waals surface area contributed by atoms with Crippen LogP contribution in [0.15, 0.2) is 33.2 Å². The number of amidine groups is 1. The molecule has 1 heterocycles. The van der Waals surface area contributed by atoms with Gasteiger partial charge in [0.15, 0.2) is 5.17 Å². The fourth-order valence-electron chi connectivity index (χ4n) is 1.57. The van der Waals surface area contributed by atoms with Crippen LogP contribution < -0.4 is 11.1 Å². The van der Waals surface area contributed by atoms with Gasteiger partial charge in [-0.05, 0) is 24.3 Å². The first kappa shape index (κ1) is 16.2. The number of phenolic OH excluding ortho intramolecular Hbond substituents is 1.